The van der Waals surface area contributed by atoms with Crippen LogP contribution in [0, 0.1) is 0 Å². The number of carbonyl (C=O) groups excluding carboxylic acids is 1. The molecule has 5 nitrogen and oxygen atoms in total. The van der Waals surface area contributed by atoms with Crippen molar-refractivity contribution in [1.82, 2.24) is 14.8 Å². The summed E-state index contributed by atoms with van der Waals surface area (Å²) in [7, 11) is 0. The molecule has 0 fully saturated rings. The van der Waals surface area contributed by atoms with Gasteiger partial charge in [-0.1, -0.05) is 66.4 Å². The first kappa shape index (κ1) is 18.3. The molecule has 3 aromatic rings. The first-order valence-electron chi connectivity index (χ1n) is 9.32. The van der Waals surface area contributed by atoms with Crippen molar-refractivity contribution in [2.75, 3.05) is 10.7 Å². The molecule has 0 saturated heterocycles. The van der Waals surface area contributed by atoms with E-state index in [0.29, 0.717) is 10.9 Å². The van der Waals surface area contributed by atoms with Gasteiger partial charge in [-0.15, -0.1) is 16.9 Å². The summed E-state index contributed by atoms with van der Waals surface area (Å²) in [6, 6.07) is 18.0. The molecule has 2 heterocycles. The second kappa shape index (κ2) is 7.93. The van der Waals surface area contributed by atoms with E-state index in [2.05, 4.69) is 34.4 Å². The van der Waals surface area contributed by atoms with Crippen molar-refractivity contribution in [3.05, 3.63) is 85.2 Å². The Bertz CT molecular complexity index is 1090. The van der Waals surface area contributed by atoms with Gasteiger partial charge in [0.15, 0.2) is 0 Å². The van der Waals surface area contributed by atoms with Crippen LogP contribution in [-0.4, -0.2) is 37.7 Å². The van der Waals surface area contributed by atoms with Crippen molar-refractivity contribution in [3.63, 3.8) is 0 Å². The summed E-state index contributed by atoms with van der Waals surface area (Å²) < 4.78 is 1.73. The van der Waals surface area contributed by atoms with Crippen molar-refractivity contribution in [1.29, 1.82) is 0 Å². The lowest BCUT2D eigenvalue weighted by atomic mass is 10.0. The number of aromatic nitrogens is 3. The molecule has 0 spiro atoms. The number of fused-ring (bicyclic) bond motifs is 2. The molecule has 2 atom stereocenters. The molecule has 29 heavy (non-hydrogen) atoms. The topological polar surface area (TPSA) is 51.0 Å². The van der Waals surface area contributed by atoms with Crippen LogP contribution in [0.2, 0.25) is 0 Å². The quantitative estimate of drug-likeness (QED) is 0.589. The van der Waals surface area contributed by atoms with Gasteiger partial charge in [-0.2, -0.15) is 0 Å². The summed E-state index contributed by atoms with van der Waals surface area (Å²) in [6.07, 6.45) is 10.0. The van der Waals surface area contributed by atoms with Crippen LogP contribution in [0.3, 0.4) is 0 Å². The maximum absolute atomic E-state index is 13.2. The largest absolute Gasteiger partial charge is 0.302 e. The van der Waals surface area contributed by atoms with Crippen LogP contribution in [0.25, 0.3) is 5.69 Å². The maximum atomic E-state index is 13.2. The van der Waals surface area contributed by atoms with Crippen molar-refractivity contribution >= 4 is 35.1 Å². The molecule has 144 valence electrons. The maximum Gasteiger partial charge on any atom is 0.238 e. The Kier molecular flexibility index (Phi) is 4.99. The van der Waals surface area contributed by atoms with Gasteiger partial charge in [0.25, 0.3) is 0 Å². The number of anilines is 1. The van der Waals surface area contributed by atoms with Crippen molar-refractivity contribution in [2.45, 2.75) is 21.3 Å². The van der Waals surface area contributed by atoms with Gasteiger partial charge >= 0.3 is 0 Å². The van der Waals surface area contributed by atoms with Gasteiger partial charge in [0.05, 0.1) is 28.4 Å². The Labute approximate surface area is 177 Å². The van der Waals surface area contributed by atoms with Crippen molar-refractivity contribution < 1.29 is 4.79 Å². The zero-order valence-electron chi connectivity index (χ0n) is 15.5. The van der Waals surface area contributed by atoms with Gasteiger partial charge in [0, 0.05) is 4.90 Å². The number of rotatable bonds is 4. The molecule has 0 unspecified atom stereocenters. The highest BCUT2D eigenvalue weighted by molar-refractivity contribution is 8.00. The Morgan fingerprint density at radius 3 is 2.72 bits per heavy atom. The van der Waals surface area contributed by atoms with Gasteiger partial charge in [0.1, 0.15) is 6.33 Å². The zero-order chi connectivity index (χ0) is 19.6. The van der Waals surface area contributed by atoms with Gasteiger partial charge in [-0.3, -0.25) is 4.79 Å². The predicted octanol–water partition coefficient (Wildman–Crippen LogP) is 4.36. The Morgan fingerprint density at radius 2 is 1.83 bits per heavy atom. The van der Waals surface area contributed by atoms with Crippen LogP contribution in [0.5, 0.6) is 0 Å². The molecule has 0 bridgehead atoms. The Balaban J connectivity index is 1.34. The van der Waals surface area contributed by atoms with Crippen LogP contribution < -0.4 is 4.90 Å². The standard InChI is InChI=1S/C22H18N4OS2/c27-21(14-28-22-23-15-25(24-22)16-8-2-1-3-9-16)26-17-10-4-6-12-19(17)29-20-13-7-5-11-18(20)26/h1-13,15,17,19H,14H2/t17-,19-/m0/s1. The summed E-state index contributed by atoms with van der Waals surface area (Å²) in [5.41, 5.74) is 1.93. The second-order valence-electron chi connectivity index (χ2n) is 6.67. The first-order chi connectivity index (χ1) is 14.3. The highest BCUT2D eigenvalue weighted by atomic mass is 32.2. The Hall–Kier alpha value is -2.77. The van der Waals surface area contributed by atoms with E-state index in [4.69, 9.17) is 0 Å². The van der Waals surface area contributed by atoms with E-state index in [1.54, 1.807) is 11.0 Å². The van der Waals surface area contributed by atoms with Gasteiger partial charge < -0.3 is 4.90 Å². The minimum atomic E-state index is 0.0304. The number of allylic oxidation sites excluding steroid dienone is 2. The zero-order valence-corrected chi connectivity index (χ0v) is 17.1. The third-order valence-corrected chi connectivity index (χ3v) is 6.97. The normalized spacial score (nSPS) is 19.7. The minimum Gasteiger partial charge on any atom is -0.302 e. The minimum absolute atomic E-state index is 0.0304. The molecular weight excluding hydrogens is 400 g/mol. The molecular formula is C22H18N4OS2. The van der Waals surface area contributed by atoms with E-state index < -0.39 is 0 Å². The average molecular weight is 419 g/mol. The van der Waals surface area contributed by atoms with Gasteiger partial charge in [-0.25, -0.2) is 9.67 Å². The van der Waals surface area contributed by atoms with Gasteiger partial charge in [-0.05, 0) is 24.3 Å². The monoisotopic (exact) mass is 418 g/mol. The van der Waals surface area contributed by atoms with Crippen LogP contribution >= 0.6 is 23.5 Å². The number of amides is 1. The first-order valence-corrected chi connectivity index (χ1v) is 11.2. The molecule has 5 rings (SSSR count). The third-order valence-electron chi connectivity index (χ3n) is 4.83. The van der Waals surface area contributed by atoms with E-state index in [0.717, 1.165) is 16.3 Å². The molecule has 0 N–H and O–H groups in total. The number of benzene rings is 2. The van der Waals surface area contributed by atoms with Crippen molar-refractivity contribution in [2.24, 2.45) is 0 Å². The molecule has 1 aliphatic carbocycles. The molecule has 0 saturated carbocycles. The number of hydrogen-bond acceptors (Lipinski definition) is 5. The lowest BCUT2D eigenvalue weighted by molar-refractivity contribution is -0.116. The highest BCUT2D eigenvalue weighted by Gasteiger charge is 2.36. The average Bonchev–Trinajstić information content (AvgIpc) is 3.25. The molecule has 1 aliphatic heterocycles. The number of carbonyl (C=O) groups is 1. The second-order valence-corrected chi connectivity index (χ2v) is 8.83. The van der Waals surface area contributed by atoms with E-state index in [1.165, 1.54) is 11.8 Å². The predicted molar refractivity (Wildman–Crippen MR) is 118 cm³/mol. The summed E-state index contributed by atoms with van der Waals surface area (Å²) in [6.45, 7) is 0. The number of nitrogens with zero attached hydrogens (tertiary/aromatic N) is 4. The van der Waals surface area contributed by atoms with E-state index in [-0.39, 0.29) is 17.2 Å². The molecule has 2 aliphatic rings. The van der Waals surface area contributed by atoms with Crippen LogP contribution in [-0.2, 0) is 4.79 Å². The summed E-state index contributed by atoms with van der Waals surface area (Å²) in [4.78, 5) is 20.7. The molecule has 2 aromatic carbocycles. The van der Waals surface area contributed by atoms with Crippen LogP contribution in [0.15, 0.2) is 95.3 Å². The SMILES string of the molecule is O=C(CSc1ncn(-c2ccccc2)n1)N1c2ccccc2S[C@H]2C=CC=C[C@@H]21. The highest BCUT2D eigenvalue weighted by Crippen LogP contribution is 2.43. The molecule has 7 heteroatoms. The number of hydrogen-bond donors (Lipinski definition) is 0. The van der Waals surface area contributed by atoms with Crippen LogP contribution in [0.1, 0.15) is 0 Å². The van der Waals surface area contributed by atoms with E-state index >= 15 is 0 Å². The van der Waals surface area contributed by atoms with Crippen LogP contribution in [0.4, 0.5) is 5.69 Å². The van der Waals surface area contributed by atoms with Gasteiger partial charge in [0.2, 0.25) is 11.1 Å². The molecule has 1 aromatic heterocycles. The van der Waals surface area contributed by atoms with Crippen molar-refractivity contribution in [3.8, 4) is 5.69 Å². The lowest BCUT2D eigenvalue weighted by Crippen LogP contribution is -2.48. The lowest BCUT2D eigenvalue weighted by Gasteiger charge is -2.40. The fourth-order valence-electron chi connectivity index (χ4n) is 3.50. The van der Waals surface area contributed by atoms with E-state index in [1.807, 2.05) is 71.3 Å². The molecule has 1 amide bonds. The number of para-hydroxylation sites is 2. The summed E-state index contributed by atoms with van der Waals surface area (Å²) >= 11 is 3.18. The smallest absolute Gasteiger partial charge is 0.238 e. The summed E-state index contributed by atoms with van der Waals surface area (Å²) in [5.74, 6) is 0.354. The Morgan fingerprint density at radius 1 is 1.03 bits per heavy atom. The number of thioether (sulfide) groups is 2. The summed E-state index contributed by atoms with van der Waals surface area (Å²) in [5, 5.41) is 5.32. The molecule has 0 radical (unpaired) electrons. The fourth-order valence-corrected chi connectivity index (χ4v) is 5.41. The van der Waals surface area contributed by atoms with E-state index in [9.17, 15) is 4.79 Å². The fraction of sp³-hybridized carbons (Fsp3) is 0.136. The third kappa shape index (κ3) is 3.63.